The number of carbonyl (C=O) groups excluding carboxylic acids is 1. The van der Waals surface area contributed by atoms with Gasteiger partial charge in [0.15, 0.2) is 0 Å². The number of nitrogens with zero attached hydrogens (tertiary/aromatic N) is 1. The molecule has 0 unspecified atom stereocenters. The number of halogens is 2. The van der Waals surface area contributed by atoms with Crippen LogP contribution in [0.2, 0.25) is 0 Å². The molecule has 5 nitrogen and oxygen atoms in total. The molecular formula is C19H18F2N2O3. The molecule has 2 N–H and O–H groups in total. The molecule has 0 aromatic heterocycles. The second-order valence-corrected chi connectivity index (χ2v) is 6.27. The quantitative estimate of drug-likeness (QED) is 0.867. The molecule has 1 aliphatic heterocycles. The zero-order valence-corrected chi connectivity index (χ0v) is 13.9. The van der Waals surface area contributed by atoms with Crippen LogP contribution in [-0.2, 0) is 0 Å². The number of rotatable bonds is 3. The van der Waals surface area contributed by atoms with Crippen LogP contribution < -0.4 is 5.32 Å². The fraction of sp³-hybridized carbons (Fsp3) is 0.263. The van der Waals surface area contributed by atoms with E-state index in [1.165, 1.54) is 12.1 Å². The van der Waals surface area contributed by atoms with Gasteiger partial charge in [0, 0.05) is 25.1 Å². The lowest BCUT2D eigenvalue weighted by Crippen LogP contribution is -2.41. The zero-order chi connectivity index (χ0) is 18.7. The number of hydrogen-bond acceptors (Lipinski definition) is 2. The molecule has 1 atom stereocenters. The van der Waals surface area contributed by atoms with Crippen LogP contribution in [0.25, 0.3) is 0 Å². The maximum Gasteiger partial charge on any atom is 0.335 e. The van der Waals surface area contributed by atoms with Crippen LogP contribution in [0.15, 0.2) is 42.5 Å². The van der Waals surface area contributed by atoms with Gasteiger partial charge in [-0.2, -0.15) is 0 Å². The number of nitrogens with one attached hydrogen (secondary N) is 1. The fourth-order valence-electron chi connectivity index (χ4n) is 3.14. The number of piperidine rings is 1. The molecule has 2 aromatic rings. The number of likely N-dealkylation sites (tertiary alicyclic amines) is 1. The van der Waals surface area contributed by atoms with Crippen LogP contribution in [-0.4, -0.2) is 35.1 Å². The van der Waals surface area contributed by atoms with Crippen molar-refractivity contribution in [2.75, 3.05) is 18.4 Å². The Labute approximate surface area is 149 Å². The van der Waals surface area contributed by atoms with E-state index in [0.29, 0.717) is 19.2 Å². The second-order valence-electron chi connectivity index (χ2n) is 6.27. The third-order valence-electron chi connectivity index (χ3n) is 4.49. The molecule has 3 rings (SSSR count). The maximum absolute atomic E-state index is 13.7. The summed E-state index contributed by atoms with van der Waals surface area (Å²) in [4.78, 5) is 25.1. The van der Waals surface area contributed by atoms with Crippen molar-refractivity contribution < 1.29 is 23.5 Å². The summed E-state index contributed by atoms with van der Waals surface area (Å²) in [5.41, 5.74) is 0.985. The van der Waals surface area contributed by atoms with Gasteiger partial charge in [-0.05, 0) is 42.7 Å². The lowest BCUT2D eigenvalue weighted by atomic mass is 9.90. The van der Waals surface area contributed by atoms with E-state index >= 15 is 0 Å². The topological polar surface area (TPSA) is 69.6 Å². The summed E-state index contributed by atoms with van der Waals surface area (Å²) in [5, 5.41) is 11.6. The highest BCUT2D eigenvalue weighted by Crippen LogP contribution is 2.28. The molecule has 2 amide bonds. The van der Waals surface area contributed by atoms with E-state index < -0.39 is 23.6 Å². The number of amides is 2. The molecule has 0 aliphatic carbocycles. The van der Waals surface area contributed by atoms with Crippen LogP contribution >= 0.6 is 0 Å². The minimum Gasteiger partial charge on any atom is -0.478 e. The molecular weight excluding hydrogens is 342 g/mol. The largest absolute Gasteiger partial charge is 0.478 e. The zero-order valence-electron chi connectivity index (χ0n) is 13.9. The Kier molecular flexibility index (Phi) is 5.16. The van der Waals surface area contributed by atoms with Crippen molar-refractivity contribution in [1.29, 1.82) is 0 Å². The first-order valence-corrected chi connectivity index (χ1v) is 8.28. The Morgan fingerprint density at radius 2 is 1.96 bits per heavy atom. The van der Waals surface area contributed by atoms with E-state index in [9.17, 15) is 18.4 Å². The van der Waals surface area contributed by atoms with Crippen molar-refractivity contribution >= 4 is 17.7 Å². The number of carboxylic acid groups (broad SMARTS) is 1. The summed E-state index contributed by atoms with van der Waals surface area (Å²) in [6.07, 6.45) is 1.58. The van der Waals surface area contributed by atoms with Crippen LogP contribution in [0.5, 0.6) is 0 Å². The first-order chi connectivity index (χ1) is 12.4. The standard InChI is InChI=1S/C19H18F2N2O3/c20-15-6-7-17(16(21)10-15)22-19(26)23-8-2-5-14(11-23)12-3-1-4-13(9-12)18(24)25/h1,3-4,6-7,9-10,14H,2,5,8,11H2,(H,22,26)(H,24,25)/t14-/m0/s1. The molecule has 26 heavy (non-hydrogen) atoms. The SMILES string of the molecule is O=C(O)c1cccc([C@H]2CCCN(C(=O)Nc3ccc(F)cc3F)C2)c1. The van der Waals surface area contributed by atoms with Gasteiger partial charge >= 0.3 is 12.0 Å². The van der Waals surface area contributed by atoms with Crippen molar-refractivity contribution in [2.45, 2.75) is 18.8 Å². The van der Waals surface area contributed by atoms with Gasteiger partial charge < -0.3 is 15.3 Å². The van der Waals surface area contributed by atoms with E-state index in [4.69, 9.17) is 5.11 Å². The van der Waals surface area contributed by atoms with E-state index in [1.54, 1.807) is 17.0 Å². The molecule has 0 radical (unpaired) electrons. The predicted molar refractivity (Wildman–Crippen MR) is 92.3 cm³/mol. The van der Waals surface area contributed by atoms with Crippen molar-refractivity contribution in [3.05, 3.63) is 65.2 Å². The number of carbonyl (C=O) groups is 2. The normalized spacial score (nSPS) is 17.0. The molecule has 1 saturated heterocycles. The minimum absolute atomic E-state index is 0.00636. The summed E-state index contributed by atoms with van der Waals surface area (Å²) < 4.78 is 26.7. The van der Waals surface area contributed by atoms with E-state index in [2.05, 4.69) is 5.32 Å². The van der Waals surface area contributed by atoms with Crippen molar-refractivity contribution in [2.24, 2.45) is 0 Å². The summed E-state index contributed by atoms with van der Waals surface area (Å²) in [5.74, 6) is -2.53. The Bertz CT molecular complexity index is 841. The van der Waals surface area contributed by atoms with Gasteiger partial charge in [0.1, 0.15) is 11.6 Å². The van der Waals surface area contributed by atoms with Crippen molar-refractivity contribution in [3.63, 3.8) is 0 Å². The van der Waals surface area contributed by atoms with Gasteiger partial charge in [-0.15, -0.1) is 0 Å². The van der Waals surface area contributed by atoms with Crippen LogP contribution in [0, 0.1) is 11.6 Å². The lowest BCUT2D eigenvalue weighted by Gasteiger charge is -2.33. The molecule has 2 aromatic carbocycles. The third-order valence-corrected chi connectivity index (χ3v) is 4.49. The second kappa shape index (κ2) is 7.51. The Morgan fingerprint density at radius 1 is 1.15 bits per heavy atom. The fourth-order valence-corrected chi connectivity index (χ4v) is 3.14. The Hall–Kier alpha value is -2.96. The molecule has 0 saturated carbocycles. The Morgan fingerprint density at radius 3 is 2.69 bits per heavy atom. The van der Waals surface area contributed by atoms with Gasteiger partial charge in [0.05, 0.1) is 11.3 Å². The molecule has 1 heterocycles. The van der Waals surface area contributed by atoms with E-state index in [0.717, 1.165) is 24.5 Å². The first-order valence-electron chi connectivity index (χ1n) is 8.28. The smallest absolute Gasteiger partial charge is 0.335 e. The molecule has 0 spiro atoms. The minimum atomic E-state index is -0.996. The highest BCUT2D eigenvalue weighted by molar-refractivity contribution is 5.89. The maximum atomic E-state index is 13.7. The predicted octanol–water partition coefficient (Wildman–Crippen LogP) is 4.07. The monoisotopic (exact) mass is 360 g/mol. The first kappa shape index (κ1) is 17.8. The average molecular weight is 360 g/mol. The number of hydrogen-bond donors (Lipinski definition) is 2. The van der Waals surface area contributed by atoms with Crippen molar-refractivity contribution in [1.82, 2.24) is 4.90 Å². The summed E-state index contributed by atoms with van der Waals surface area (Å²) >= 11 is 0. The van der Waals surface area contributed by atoms with Gasteiger partial charge in [-0.25, -0.2) is 18.4 Å². The number of anilines is 1. The Balaban J connectivity index is 1.70. The summed E-state index contributed by atoms with van der Waals surface area (Å²) in [6.45, 7) is 0.918. The van der Waals surface area contributed by atoms with Crippen LogP contribution in [0.1, 0.15) is 34.7 Å². The number of carboxylic acids is 1. The summed E-state index contributed by atoms with van der Waals surface area (Å²) in [6, 6.07) is 9.19. The molecule has 7 heteroatoms. The van der Waals surface area contributed by atoms with E-state index in [1.807, 2.05) is 6.07 Å². The molecule has 1 aliphatic rings. The van der Waals surface area contributed by atoms with Crippen LogP contribution in [0.3, 0.4) is 0 Å². The van der Waals surface area contributed by atoms with Gasteiger partial charge in [-0.3, -0.25) is 0 Å². The van der Waals surface area contributed by atoms with E-state index in [-0.39, 0.29) is 17.2 Å². The molecule has 1 fully saturated rings. The summed E-state index contributed by atoms with van der Waals surface area (Å²) in [7, 11) is 0. The van der Waals surface area contributed by atoms with Crippen molar-refractivity contribution in [3.8, 4) is 0 Å². The van der Waals surface area contributed by atoms with Gasteiger partial charge in [0.25, 0.3) is 0 Å². The third kappa shape index (κ3) is 3.99. The molecule has 136 valence electrons. The average Bonchev–Trinajstić information content (AvgIpc) is 2.64. The molecule has 0 bridgehead atoms. The number of urea groups is 1. The highest BCUT2D eigenvalue weighted by Gasteiger charge is 2.25. The number of benzene rings is 2. The van der Waals surface area contributed by atoms with Gasteiger partial charge in [-0.1, -0.05) is 12.1 Å². The number of aromatic carboxylic acids is 1. The highest BCUT2D eigenvalue weighted by atomic mass is 19.1. The van der Waals surface area contributed by atoms with Crippen LogP contribution in [0.4, 0.5) is 19.3 Å². The lowest BCUT2D eigenvalue weighted by molar-refractivity contribution is 0.0696. The van der Waals surface area contributed by atoms with Gasteiger partial charge in [0.2, 0.25) is 0 Å².